The van der Waals surface area contributed by atoms with Gasteiger partial charge in [-0.3, -0.25) is 4.79 Å². The van der Waals surface area contributed by atoms with Gasteiger partial charge in [-0.15, -0.1) is 0 Å². The number of amides is 1. The van der Waals surface area contributed by atoms with Crippen molar-refractivity contribution in [3.63, 3.8) is 0 Å². The minimum absolute atomic E-state index is 0.154. The Morgan fingerprint density at radius 2 is 1.96 bits per heavy atom. The van der Waals surface area contributed by atoms with Crippen LogP contribution in [0.5, 0.6) is 5.75 Å². The molecule has 0 saturated heterocycles. The minimum Gasteiger partial charge on any atom is -0.484 e. The molecule has 0 radical (unpaired) electrons. The van der Waals surface area contributed by atoms with E-state index in [-0.39, 0.29) is 12.4 Å². The summed E-state index contributed by atoms with van der Waals surface area (Å²) in [6.45, 7) is 0.326. The highest BCUT2D eigenvalue weighted by molar-refractivity contribution is 5.87. The summed E-state index contributed by atoms with van der Waals surface area (Å²) in [5.41, 5.74) is -2.58. The van der Waals surface area contributed by atoms with Crippen LogP contribution in [0.25, 0.3) is 0 Å². The Balaban J connectivity index is 2.68. The molecular weight excluding hydrogens is 319 g/mol. The van der Waals surface area contributed by atoms with Gasteiger partial charge in [-0.1, -0.05) is 6.07 Å². The molecule has 1 unspecified atom stereocenters. The molecule has 0 spiro atoms. The summed E-state index contributed by atoms with van der Waals surface area (Å²) in [7, 11) is 1.27. The van der Waals surface area contributed by atoms with Crippen LogP contribution in [0, 0.1) is 0 Å². The summed E-state index contributed by atoms with van der Waals surface area (Å²) < 4.78 is 47.3. The maximum atomic E-state index is 12.5. The number of carbonyl (C=O) groups is 2. The molecule has 1 aromatic carbocycles. The van der Waals surface area contributed by atoms with E-state index < -0.39 is 35.8 Å². The minimum atomic E-state index is -4.53. The maximum absolute atomic E-state index is 12.5. The molecule has 0 aliphatic carbocycles. The number of ether oxygens (including phenoxy) is 2. The first-order valence-corrected chi connectivity index (χ1v) is 6.42. The second-order valence-electron chi connectivity index (χ2n) is 4.93. The topological polar surface area (TPSA) is 84.9 Å². The number of alkyl halides is 3. The number of carboxylic acids is 1. The number of carboxylic acid groups (broad SMARTS) is 1. The normalized spacial score (nSPS) is 14.0. The van der Waals surface area contributed by atoms with Crippen LogP contribution in [0.4, 0.5) is 13.2 Å². The van der Waals surface area contributed by atoms with E-state index in [0.29, 0.717) is 0 Å². The summed E-state index contributed by atoms with van der Waals surface area (Å²) in [4.78, 5) is 22.8. The van der Waals surface area contributed by atoms with Gasteiger partial charge < -0.3 is 19.9 Å². The zero-order valence-corrected chi connectivity index (χ0v) is 12.4. The van der Waals surface area contributed by atoms with Crippen molar-refractivity contribution in [1.29, 1.82) is 0 Å². The lowest BCUT2D eigenvalue weighted by Gasteiger charge is -2.25. The Kier molecular flexibility index (Phi) is 5.97. The number of rotatable bonds is 7. The van der Waals surface area contributed by atoms with Crippen molar-refractivity contribution in [2.75, 3.05) is 20.3 Å². The van der Waals surface area contributed by atoms with E-state index in [4.69, 9.17) is 14.6 Å². The number of aliphatic carboxylic acids is 1. The van der Waals surface area contributed by atoms with Crippen LogP contribution < -0.4 is 10.1 Å². The Bertz CT molecular complexity index is 576. The molecule has 0 aromatic heterocycles. The van der Waals surface area contributed by atoms with E-state index >= 15 is 0 Å². The Morgan fingerprint density at radius 3 is 2.48 bits per heavy atom. The number of halogens is 3. The summed E-state index contributed by atoms with van der Waals surface area (Å²) >= 11 is 0. The van der Waals surface area contributed by atoms with Crippen LogP contribution in [0.2, 0.25) is 0 Å². The highest BCUT2D eigenvalue weighted by Crippen LogP contribution is 2.31. The van der Waals surface area contributed by atoms with Gasteiger partial charge in [-0.2, -0.15) is 13.2 Å². The predicted molar refractivity (Wildman–Crippen MR) is 73.0 cm³/mol. The Labute approximate surface area is 130 Å². The quantitative estimate of drug-likeness (QED) is 0.792. The van der Waals surface area contributed by atoms with Gasteiger partial charge in [0.15, 0.2) is 12.1 Å². The fraction of sp³-hybridized carbons (Fsp3) is 0.429. The first-order chi connectivity index (χ1) is 10.6. The van der Waals surface area contributed by atoms with E-state index in [1.165, 1.54) is 20.1 Å². The van der Waals surface area contributed by atoms with E-state index in [9.17, 15) is 22.8 Å². The molecule has 0 aliphatic rings. The molecule has 1 amide bonds. The van der Waals surface area contributed by atoms with Crippen LogP contribution in [-0.2, 0) is 20.5 Å². The van der Waals surface area contributed by atoms with Crippen LogP contribution in [0.1, 0.15) is 12.5 Å². The lowest BCUT2D eigenvalue weighted by molar-refractivity contribution is -0.149. The van der Waals surface area contributed by atoms with E-state index in [2.05, 4.69) is 5.32 Å². The largest absolute Gasteiger partial charge is 0.484 e. The van der Waals surface area contributed by atoms with Gasteiger partial charge in [-0.05, 0) is 25.1 Å². The zero-order chi connectivity index (χ0) is 17.7. The van der Waals surface area contributed by atoms with E-state index in [1.807, 2.05) is 0 Å². The molecule has 1 atom stereocenters. The number of carbonyl (C=O) groups excluding carboxylic acids is 1. The van der Waals surface area contributed by atoms with Gasteiger partial charge in [0.2, 0.25) is 0 Å². The molecule has 1 rings (SSSR count). The zero-order valence-electron chi connectivity index (χ0n) is 12.4. The van der Waals surface area contributed by atoms with Crippen molar-refractivity contribution >= 4 is 11.9 Å². The van der Waals surface area contributed by atoms with Crippen molar-refractivity contribution in [2.45, 2.75) is 18.6 Å². The average Bonchev–Trinajstić information content (AvgIpc) is 2.44. The highest BCUT2D eigenvalue weighted by atomic mass is 19.4. The molecule has 0 heterocycles. The third-order valence-electron chi connectivity index (χ3n) is 2.85. The average molecular weight is 335 g/mol. The first kappa shape index (κ1) is 18.8. The molecule has 0 aliphatic heterocycles. The fourth-order valence-electron chi connectivity index (χ4n) is 1.69. The number of benzene rings is 1. The summed E-state index contributed by atoms with van der Waals surface area (Å²) in [5, 5.41) is 11.3. The fourth-order valence-corrected chi connectivity index (χ4v) is 1.69. The van der Waals surface area contributed by atoms with Crippen molar-refractivity contribution < 1.29 is 37.3 Å². The lowest BCUT2D eigenvalue weighted by atomic mass is 10.0. The third kappa shape index (κ3) is 5.44. The van der Waals surface area contributed by atoms with E-state index in [1.54, 1.807) is 0 Å². The SMILES string of the molecule is COCC(C)(NC(=O)COc1cccc(C(F)(F)F)c1)C(=O)O. The summed E-state index contributed by atoms with van der Waals surface area (Å²) in [6, 6.07) is 4.02. The molecule has 9 heteroatoms. The van der Waals surface area contributed by atoms with Crippen molar-refractivity contribution in [2.24, 2.45) is 0 Å². The van der Waals surface area contributed by atoms with Crippen LogP contribution in [0.3, 0.4) is 0 Å². The Morgan fingerprint density at radius 1 is 1.30 bits per heavy atom. The standard InChI is InChI=1S/C14H16F3NO5/c1-13(8-22-2,12(20)21)18-11(19)7-23-10-5-3-4-9(6-10)14(15,16)17/h3-6H,7-8H2,1-2H3,(H,18,19)(H,20,21). The number of methoxy groups -OCH3 is 1. The van der Waals surface area contributed by atoms with Crippen LogP contribution >= 0.6 is 0 Å². The van der Waals surface area contributed by atoms with Crippen molar-refractivity contribution in [1.82, 2.24) is 5.32 Å². The van der Waals surface area contributed by atoms with Crippen molar-refractivity contribution in [3.05, 3.63) is 29.8 Å². The van der Waals surface area contributed by atoms with Crippen LogP contribution in [0.15, 0.2) is 24.3 Å². The maximum Gasteiger partial charge on any atom is 0.416 e. The first-order valence-electron chi connectivity index (χ1n) is 6.42. The van der Waals surface area contributed by atoms with Crippen molar-refractivity contribution in [3.8, 4) is 5.75 Å². The van der Waals surface area contributed by atoms with Gasteiger partial charge in [0.25, 0.3) is 5.91 Å². The lowest BCUT2D eigenvalue weighted by Crippen LogP contribution is -2.56. The number of hydrogen-bond acceptors (Lipinski definition) is 4. The molecule has 1 aromatic rings. The second kappa shape index (κ2) is 7.32. The molecule has 23 heavy (non-hydrogen) atoms. The summed E-state index contributed by atoms with van der Waals surface area (Å²) in [5.74, 6) is -2.27. The number of hydrogen-bond donors (Lipinski definition) is 2. The molecule has 2 N–H and O–H groups in total. The highest BCUT2D eigenvalue weighted by Gasteiger charge is 2.35. The van der Waals surface area contributed by atoms with Gasteiger partial charge in [-0.25, -0.2) is 4.79 Å². The smallest absolute Gasteiger partial charge is 0.416 e. The monoisotopic (exact) mass is 335 g/mol. The van der Waals surface area contributed by atoms with Crippen LogP contribution in [-0.4, -0.2) is 42.8 Å². The second-order valence-corrected chi connectivity index (χ2v) is 4.93. The van der Waals surface area contributed by atoms with Gasteiger partial charge in [0, 0.05) is 7.11 Å². The Hall–Kier alpha value is -2.29. The molecule has 0 saturated carbocycles. The predicted octanol–water partition coefficient (Wildman–Crippen LogP) is 1.69. The van der Waals surface area contributed by atoms with Gasteiger partial charge >= 0.3 is 12.1 Å². The summed E-state index contributed by atoms with van der Waals surface area (Å²) in [6.07, 6.45) is -4.53. The van der Waals surface area contributed by atoms with E-state index in [0.717, 1.165) is 18.2 Å². The molecular formula is C14H16F3NO5. The molecule has 0 bridgehead atoms. The van der Waals surface area contributed by atoms with Gasteiger partial charge in [0.05, 0.1) is 12.2 Å². The van der Waals surface area contributed by atoms with Gasteiger partial charge in [0.1, 0.15) is 5.75 Å². The number of nitrogens with one attached hydrogen (secondary N) is 1. The molecule has 0 fully saturated rings. The third-order valence-corrected chi connectivity index (χ3v) is 2.85. The molecule has 6 nitrogen and oxygen atoms in total. The molecule has 128 valence electrons.